The molecule has 0 saturated heterocycles. The van der Waals surface area contributed by atoms with Crippen molar-refractivity contribution < 1.29 is 5.11 Å². The van der Waals surface area contributed by atoms with E-state index in [9.17, 15) is 5.11 Å². The summed E-state index contributed by atoms with van der Waals surface area (Å²) in [4.78, 5) is 0. The highest BCUT2D eigenvalue weighted by molar-refractivity contribution is 9.11. The molecule has 2 aromatic rings. The van der Waals surface area contributed by atoms with Crippen molar-refractivity contribution in [3.05, 3.63) is 56.0 Å². The summed E-state index contributed by atoms with van der Waals surface area (Å²) >= 11 is 6.72. The molecule has 0 heterocycles. The van der Waals surface area contributed by atoms with Gasteiger partial charge in [0, 0.05) is 12.2 Å². The molecule has 0 aliphatic rings. The van der Waals surface area contributed by atoms with Crippen LogP contribution in [0.15, 0.2) is 39.3 Å². The zero-order chi connectivity index (χ0) is 14.7. The molecule has 0 atom stereocenters. The number of hydrogen-bond donors (Lipinski definition) is 2. The number of phenolic OH excluding ortho intramolecular Hbond substituents is 1. The summed E-state index contributed by atoms with van der Waals surface area (Å²) in [5.41, 5.74) is 4.88. The molecule has 0 aliphatic heterocycles. The van der Waals surface area contributed by atoms with Crippen molar-refractivity contribution >= 4 is 37.5 Å². The summed E-state index contributed by atoms with van der Waals surface area (Å²) in [6.07, 6.45) is 1.01. The van der Waals surface area contributed by atoms with E-state index in [1.54, 1.807) is 0 Å². The zero-order valence-electron chi connectivity index (χ0n) is 11.5. The SMILES string of the molecule is CCc1cccc(C)c1NCc1cc(Br)c(O)c(Br)c1. The summed E-state index contributed by atoms with van der Waals surface area (Å²) in [6, 6.07) is 10.2. The molecule has 4 heteroatoms. The minimum Gasteiger partial charge on any atom is -0.506 e. The van der Waals surface area contributed by atoms with E-state index in [1.807, 2.05) is 12.1 Å². The van der Waals surface area contributed by atoms with Gasteiger partial charge in [-0.2, -0.15) is 0 Å². The molecule has 2 nitrogen and oxygen atoms in total. The maximum atomic E-state index is 9.73. The average Bonchev–Trinajstić information content (AvgIpc) is 2.43. The summed E-state index contributed by atoms with van der Waals surface area (Å²) in [6.45, 7) is 4.99. The molecule has 0 aliphatic carbocycles. The predicted molar refractivity (Wildman–Crippen MR) is 91.4 cm³/mol. The number of benzene rings is 2. The molecule has 2 rings (SSSR count). The lowest BCUT2D eigenvalue weighted by Gasteiger charge is -2.14. The molecule has 0 radical (unpaired) electrons. The summed E-state index contributed by atoms with van der Waals surface area (Å²) in [7, 11) is 0. The third kappa shape index (κ3) is 3.36. The fraction of sp³-hybridized carbons (Fsp3) is 0.250. The van der Waals surface area contributed by atoms with Gasteiger partial charge in [-0.1, -0.05) is 25.1 Å². The highest BCUT2D eigenvalue weighted by Crippen LogP contribution is 2.33. The van der Waals surface area contributed by atoms with E-state index in [0.717, 1.165) is 18.5 Å². The Hall–Kier alpha value is -1.000. The number of nitrogens with one attached hydrogen (secondary N) is 1. The predicted octanol–water partition coefficient (Wildman–Crippen LogP) is 5.40. The van der Waals surface area contributed by atoms with Gasteiger partial charge in [-0.25, -0.2) is 0 Å². The lowest BCUT2D eigenvalue weighted by Crippen LogP contribution is -2.04. The molecule has 0 aromatic heterocycles. The Morgan fingerprint density at radius 2 is 1.80 bits per heavy atom. The van der Waals surface area contributed by atoms with Crippen LogP contribution in [0.1, 0.15) is 23.6 Å². The molecule has 0 bridgehead atoms. The first-order valence-corrected chi connectivity index (χ1v) is 8.10. The molecule has 106 valence electrons. The monoisotopic (exact) mass is 397 g/mol. The third-order valence-corrected chi connectivity index (χ3v) is 4.49. The molecule has 0 saturated carbocycles. The van der Waals surface area contributed by atoms with Crippen molar-refractivity contribution in [3.63, 3.8) is 0 Å². The largest absolute Gasteiger partial charge is 0.506 e. The Balaban J connectivity index is 2.21. The molecule has 0 amide bonds. The van der Waals surface area contributed by atoms with Crippen LogP contribution in [0.4, 0.5) is 5.69 Å². The number of rotatable bonds is 4. The second-order valence-corrected chi connectivity index (χ2v) is 6.43. The molecule has 2 aromatic carbocycles. The van der Waals surface area contributed by atoms with Crippen LogP contribution in [0.25, 0.3) is 0 Å². The molecular weight excluding hydrogens is 382 g/mol. The van der Waals surface area contributed by atoms with Crippen LogP contribution in [-0.2, 0) is 13.0 Å². The van der Waals surface area contributed by atoms with Crippen molar-refractivity contribution in [2.75, 3.05) is 5.32 Å². The number of hydrogen-bond acceptors (Lipinski definition) is 2. The average molecular weight is 399 g/mol. The Labute approximate surface area is 136 Å². The van der Waals surface area contributed by atoms with E-state index < -0.39 is 0 Å². The minimum atomic E-state index is 0.235. The second kappa shape index (κ2) is 6.64. The van der Waals surface area contributed by atoms with E-state index in [4.69, 9.17) is 0 Å². The number of aromatic hydroxyl groups is 1. The van der Waals surface area contributed by atoms with Crippen molar-refractivity contribution in [2.24, 2.45) is 0 Å². The summed E-state index contributed by atoms with van der Waals surface area (Å²) in [5.74, 6) is 0.235. The quantitative estimate of drug-likeness (QED) is 0.722. The Morgan fingerprint density at radius 3 is 2.40 bits per heavy atom. The van der Waals surface area contributed by atoms with E-state index in [-0.39, 0.29) is 5.75 Å². The number of halogens is 2. The Morgan fingerprint density at radius 1 is 1.15 bits per heavy atom. The first-order chi connectivity index (χ1) is 9.52. The van der Waals surface area contributed by atoms with Gasteiger partial charge in [-0.3, -0.25) is 0 Å². The lowest BCUT2D eigenvalue weighted by atomic mass is 10.1. The number of anilines is 1. The van der Waals surface area contributed by atoms with Crippen LogP contribution in [-0.4, -0.2) is 5.11 Å². The van der Waals surface area contributed by atoms with E-state index >= 15 is 0 Å². The van der Waals surface area contributed by atoms with Gasteiger partial charge < -0.3 is 10.4 Å². The number of phenols is 1. The first kappa shape index (κ1) is 15.4. The van der Waals surface area contributed by atoms with Gasteiger partial charge in [0.2, 0.25) is 0 Å². The van der Waals surface area contributed by atoms with E-state index in [1.165, 1.54) is 16.8 Å². The van der Waals surface area contributed by atoms with Crippen LogP contribution < -0.4 is 5.32 Å². The lowest BCUT2D eigenvalue weighted by molar-refractivity contribution is 0.468. The zero-order valence-corrected chi connectivity index (χ0v) is 14.7. The highest BCUT2D eigenvalue weighted by Gasteiger charge is 2.07. The molecule has 0 unspecified atom stereocenters. The van der Waals surface area contributed by atoms with Gasteiger partial charge in [0.25, 0.3) is 0 Å². The smallest absolute Gasteiger partial charge is 0.143 e. The maximum absolute atomic E-state index is 9.73. The van der Waals surface area contributed by atoms with Crippen molar-refractivity contribution in [3.8, 4) is 5.75 Å². The van der Waals surface area contributed by atoms with E-state index in [2.05, 4.69) is 69.2 Å². The summed E-state index contributed by atoms with van der Waals surface area (Å²) in [5, 5.41) is 13.2. The van der Waals surface area contributed by atoms with Gasteiger partial charge in [-0.15, -0.1) is 0 Å². The third-order valence-electron chi connectivity index (χ3n) is 3.29. The van der Waals surface area contributed by atoms with Gasteiger partial charge >= 0.3 is 0 Å². The van der Waals surface area contributed by atoms with Crippen molar-refractivity contribution in [2.45, 2.75) is 26.8 Å². The Bertz CT molecular complexity index is 603. The number of aryl methyl sites for hydroxylation is 2. The van der Waals surface area contributed by atoms with Crippen molar-refractivity contribution in [1.82, 2.24) is 0 Å². The molecular formula is C16H17Br2NO. The van der Waals surface area contributed by atoms with E-state index in [0.29, 0.717) is 8.95 Å². The van der Waals surface area contributed by atoms with Crippen molar-refractivity contribution in [1.29, 1.82) is 0 Å². The normalized spacial score (nSPS) is 10.6. The van der Waals surface area contributed by atoms with Gasteiger partial charge in [0.05, 0.1) is 8.95 Å². The highest BCUT2D eigenvalue weighted by atomic mass is 79.9. The van der Waals surface area contributed by atoms with Gasteiger partial charge in [0.15, 0.2) is 0 Å². The molecule has 20 heavy (non-hydrogen) atoms. The van der Waals surface area contributed by atoms with Gasteiger partial charge in [-0.05, 0) is 74.0 Å². The first-order valence-electron chi connectivity index (χ1n) is 6.52. The van der Waals surface area contributed by atoms with Crippen LogP contribution in [0.3, 0.4) is 0 Å². The molecule has 2 N–H and O–H groups in total. The van der Waals surface area contributed by atoms with Crippen LogP contribution >= 0.6 is 31.9 Å². The summed E-state index contributed by atoms with van der Waals surface area (Å²) < 4.78 is 1.40. The van der Waals surface area contributed by atoms with Crippen LogP contribution in [0.5, 0.6) is 5.75 Å². The van der Waals surface area contributed by atoms with Crippen LogP contribution in [0.2, 0.25) is 0 Å². The standard InChI is InChI=1S/C16H17Br2NO/c1-3-12-6-4-5-10(2)15(12)19-9-11-7-13(17)16(20)14(18)8-11/h4-8,19-20H,3,9H2,1-2H3. The maximum Gasteiger partial charge on any atom is 0.143 e. The fourth-order valence-electron chi connectivity index (χ4n) is 2.19. The second-order valence-electron chi connectivity index (χ2n) is 4.72. The number of para-hydroxylation sites is 1. The van der Waals surface area contributed by atoms with Crippen LogP contribution in [0, 0.1) is 6.92 Å². The topological polar surface area (TPSA) is 32.3 Å². The minimum absolute atomic E-state index is 0.235. The Kier molecular flexibility index (Phi) is 5.11. The fourth-order valence-corrected chi connectivity index (χ4v) is 3.47. The molecule has 0 spiro atoms. The molecule has 0 fully saturated rings. The van der Waals surface area contributed by atoms with Gasteiger partial charge in [0.1, 0.15) is 5.75 Å².